The van der Waals surface area contributed by atoms with E-state index in [0.29, 0.717) is 41.2 Å². The normalized spacial score (nSPS) is 26.7. The van der Waals surface area contributed by atoms with E-state index in [9.17, 15) is 5.11 Å². The van der Waals surface area contributed by atoms with Crippen molar-refractivity contribution in [2.24, 2.45) is 7.05 Å². The summed E-state index contributed by atoms with van der Waals surface area (Å²) < 4.78 is 18.8. The molecular weight excluding hydrogens is 388 g/mol. The zero-order valence-corrected chi connectivity index (χ0v) is 15.8. The zero-order chi connectivity index (χ0) is 19.3. The van der Waals surface area contributed by atoms with Gasteiger partial charge in [0.1, 0.15) is 24.1 Å². The maximum atomic E-state index is 9.83. The minimum Gasteiger partial charge on any atom is -0.456 e. The van der Waals surface area contributed by atoms with Gasteiger partial charge >= 0.3 is 0 Å². The number of pyridine rings is 1. The van der Waals surface area contributed by atoms with Crippen LogP contribution in [0.2, 0.25) is 5.02 Å². The molecule has 148 valence electrons. The lowest BCUT2D eigenvalue weighted by Gasteiger charge is -2.15. The summed E-state index contributed by atoms with van der Waals surface area (Å²) in [7, 11) is 1.86. The first-order chi connectivity index (χ1) is 13.6. The Kier molecular flexibility index (Phi) is 4.35. The van der Waals surface area contributed by atoms with Gasteiger partial charge in [0.05, 0.1) is 36.0 Å². The van der Waals surface area contributed by atoms with Gasteiger partial charge in [-0.05, 0) is 12.1 Å². The van der Waals surface area contributed by atoms with Gasteiger partial charge in [0, 0.05) is 13.2 Å². The molecule has 2 aliphatic rings. The summed E-state index contributed by atoms with van der Waals surface area (Å²) in [5.41, 5.74) is 2.01. The molecule has 0 amide bonds. The summed E-state index contributed by atoms with van der Waals surface area (Å²) >= 11 is 6.34. The van der Waals surface area contributed by atoms with Gasteiger partial charge in [0.15, 0.2) is 11.8 Å². The van der Waals surface area contributed by atoms with E-state index in [-0.39, 0.29) is 24.9 Å². The van der Waals surface area contributed by atoms with Gasteiger partial charge in [-0.1, -0.05) is 11.6 Å². The minimum atomic E-state index is -0.623. The number of H-pyrrole nitrogens is 1. The van der Waals surface area contributed by atoms with Gasteiger partial charge in [0.25, 0.3) is 6.01 Å². The molecule has 4 atom stereocenters. The smallest absolute Gasteiger partial charge is 0.296 e. The van der Waals surface area contributed by atoms with Crippen LogP contribution in [0.5, 0.6) is 6.01 Å². The molecule has 3 N–H and O–H groups in total. The fourth-order valence-electron chi connectivity index (χ4n) is 3.50. The molecule has 0 unspecified atom stereocenters. The molecule has 10 nitrogen and oxygen atoms in total. The number of hydrogen-bond acceptors (Lipinski definition) is 8. The van der Waals surface area contributed by atoms with E-state index in [1.807, 2.05) is 19.3 Å². The van der Waals surface area contributed by atoms with E-state index in [0.717, 1.165) is 5.69 Å². The highest BCUT2D eigenvalue weighted by Crippen LogP contribution is 2.30. The Hall–Kier alpha value is -2.40. The second-order valence-electron chi connectivity index (χ2n) is 6.89. The van der Waals surface area contributed by atoms with Crippen LogP contribution in [0.3, 0.4) is 0 Å². The highest BCUT2D eigenvalue weighted by molar-refractivity contribution is 6.33. The summed E-state index contributed by atoms with van der Waals surface area (Å²) in [6.45, 7) is 1.07. The molecule has 0 saturated carbocycles. The molecule has 0 spiro atoms. The van der Waals surface area contributed by atoms with Crippen molar-refractivity contribution < 1.29 is 19.3 Å². The molecular formula is C17H19ClN6O4. The molecule has 2 saturated heterocycles. The van der Waals surface area contributed by atoms with Crippen LogP contribution < -0.4 is 10.1 Å². The quantitative estimate of drug-likeness (QED) is 0.571. The lowest BCUT2D eigenvalue weighted by atomic mass is 10.1. The number of halogens is 1. The largest absolute Gasteiger partial charge is 0.456 e. The predicted octanol–water partition coefficient (Wildman–Crippen LogP) is 0.863. The lowest BCUT2D eigenvalue weighted by molar-refractivity contribution is 0.00706. The molecule has 2 fully saturated rings. The van der Waals surface area contributed by atoms with Crippen LogP contribution in [-0.4, -0.2) is 67.5 Å². The Bertz CT molecular complexity index is 1010. The van der Waals surface area contributed by atoms with Crippen molar-refractivity contribution in [3.8, 4) is 6.01 Å². The predicted molar refractivity (Wildman–Crippen MR) is 99.3 cm³/mol. The summed E-state index contributed by atoms with van der Waals surface area (Å²) in [5.74, 6) is 0.518. The Balaban J connectivity index is 1.32. The van der Waals surface area contributed by atoms with Crippen molar-refractivity contribution >= 4 is 28.6 Å². The number of aliphatic hydroxyl groups is 1. The summed E-state index contributed by atoms with van der Waals surface area (Å²) in [4.78, 5) is 11.9. The van der Waals surface area contributed by atoms with Gasteiger partial charge in [-0.3, -0.25) is 4.68 Å². The highest BCUT2D eigenvalue weighted by atomic mass is 35.5. The molecule has 3 aromatic heterocycles. The molecule has 3 aromatic rings. The number of hydrogen-bond donors (Lipinski definition) is 3. The number of nitrogens with zero attached hydrogens (tertiary/aromatic N) is 4. The van der Waals surface area contributed by atoms with Crippen LogP contribution in [0.1, 0.15) is 5.69 Å². The first-order valence-corrected chi connectivity index (χ1v) is 9.31. The van der Waals surface area contributed by atoms with Crippen LogP contribution in [-0.2, 0) is 23.1 Å². The Labute approximate surface area is 164 Å². The minimum absolute atomic E-state index is 0.248. The van der Waals surface area contributed by atoms with Crippen molar-refractivity contribution in [2.75, 3.05) is 18.5 Å². The van der Waals surface area contributed by atoms with Crippen molar-refractivity contribution in [1.29, 1.82) is 0 Å². The van der Waals surface area contributed by atoms with E-state index >= 15 is 0 Å². The van der Waals surface area contributed by atoms with Gasteiger partial charge in [0.2, 0.25) is 0 Å². The number of ether oxygens (including phenoxy) is 3. The van der Waals surface area contributed by atoms with Crippen LogP contribution >= 0.6 is 11.6 Å². The summed E-state index contributed by atoms with van der Waals surface area (Å²) in [5, 5.41) is 17.8. The van der Waals surface area contributed by atoms with Crippen LogP contribution in [0, 0.1) is 0 Å². The molecule has 5 rings (SSSR count). The summed E-state index contributed by atoms with van der Waals surface area (Å²) in [6, 6.07) is 3.97. The van der Waals surface area contributed by atoms with E-state index < -0.39 is 6.10 Å². The van der Waals surface area contributed by atoms with E-state index in [2.05, 4.69) is 25.4 Å². The third-order valence-corrected chi connectivity index (χ3v) is 5.14. The van der Waals surface area contributed by atoms with Crippen molar-refractivity contribution in [1.82, 2.24) is 24.7 Å². The number of imidazole rings is 1. The number of aromatic amines is 1. The second-order valence-corrected chi connectivity index (χ2v) is 7.29. The zero-order valence-electron chi connectivity index (χ0n) is 15.0. The van der Waals surface area contributed by atoms with E-state index in [1.54, 1.807) is 10.7 Å². The third kappa shape index (κ3) is 3.18. The number of nitrogens with one attached hydrogen (secondary N) is 2. The van der Waals surface area contributed by atoms with Crippen molar-refractivity contribution in [3.05, 3.63) is 29.0 Å². The van der Waals surface area contributed by atoms with Crippen molar-refractivity contribution in [2.45, 2.75) is 31.0 Å². The van der Waals surface area contributed by atoms with E-state index in [4.69, 9.17) is 25.8 Å². The Morgan fingerprint density at radius 1 is 1.36 bits per heavy atom. The third-order valence-electron chi connectivity index (χ3n) is 4.86. The highest BCUT2D eigenvalue weighted by Gasteiger charge is 2.48. The second kappa shape index (κ2) is 6.89. The monoisotopic (exact) mass is 406 g/mol. The molecule has 11 heteroatoms. The number of aromatic nitrogens is 5. The standard InChI is InChI=1S/C17H19ClN6O4/c1-24-3-2-8(23-24)5-19-15-9(18)4-10-16(21-15)22-17(20-10)28-12-7-27-13-11(25)6-26-14(12)13/h2-4,11-14,25H,5-7H2,1H3,(H2,19,20,21,22)/t11-,12-,13-,14-/m1/s1. The topological polar surface area (TPSA) is 119 Å². The number of aryl methyl sites for hydroxylation is 1. The first-order valence-electron chi connectivity index (χ1n) is 8.93. The van der Waals surface area contributed by atoms with Gasteiger partial charge in [-0.15, -0.1) is 0 Å². The van der Waals surface area contributed by atoms with Gasteiger partial charge < -0.3 is 29.6 Å². The lowest BCUT2D eigenvalue weighted by Crippen LogP contribution is -2.34. The molecule has 5 heterocycles. The molecule has 0 aromatic carbocycles. The molecule has 0 radical (unpaired) electrons. The van der Waals surface area contributed by atoms with E-state index in [1.165, 1.54) is 0 Å². The molecule has 0 bridgehead atoms. The number of aliphatic hydroxyl groups excluding tert-OH is 1. The van der Waals surface area contributed by atoms with Gasteiger partial charge in [-0.2, -0.15) is 10.1 Å². The number of rotatable bonds is 5. The SMILES string of the molecule is Cn1ccc(CNc2nc3nc(O[C@@H]4CO[C@H]5[C@@H]4OC[C@H]5O)[nH]c3cc2Cl)n1. The molecule has 0 aliphatic carbocycles. The average Bonchev–Trinajstić information content (AvgIpc) is 3.41. The van der Waals surface area contributed by atoms with Crippen LogP contribution in [0.25, 0.3) is 11.2 Å². The van der Waals surface area contributed by atoms with Crippen LogP contribution in [0.15, 0.2) is 18.3 Å². The van der Waals surface area contributed by atoms with Crippen LogP contribution in [0.4, 0.5) is 5.82 Å². The Morgan fingerprint density at radius 3 is 3.04 bits per heavy atom. The first kappa shape index (κ1) is 17.7. The fraction of sp³-hybridized carbons (Fsp3) is 0.471. The van der Waals surface area contributed by atoms with Crippen molar-refractivity contribution in [3.63, 3.8) is 0 Å². The summed E-state index contributed by atoms with van der Waals surface area (Å²) in [6.07, 6.45) is 0.235. The molecule has 28 heavy (non-hydrogen) atoms. The Morgan fingerprint density at radius 2 is 2.21 bits per heavy atom. The number of fused-ring (bicyclic) bond motifs is 2. The fourth-order valence-corrected chi connectivity index (χ4v) is 3.71. The maximum absolute atomic E-state index is 9.83. The average molecular weight is 407 g/mol. The molecule has 2 aliphatic heterocycles. The van der Waals surface area contributed by atoms with Gasteiger partial charge in [-0.25, -0.2) is 4.98 Å². The number of anilines is 1. The maximum Gasteiger partial charge on any atom is 0.296 e.